The third-order valence-electron chi connectivity index (χ3n) is 3.70. The number of nitro benzene ring substituents is 1. The van der Waals surface area contributed by atoms with Gasteiger partial charge in [-0.05, 0) is 35.2 Å². The van der Waals surface area contributed by atoms with Gasteiger partial charge < -0.3 is 10.1 Å². The van der Waals surface area contributed by atoms with Crippen LogP contribution in [0.25, 0.3) is 0 Å². The Labute approximate surface area is 158 Å². The highest BCUT2D eigenvalue weighted by atomic mass is 32.1. The van der Waals surface area contributed by atoms with Crippen molar-refractivity contribution in [1.82, 2.24) is 5.32 Å². The Hall–Kier alpha value is -3.26. The van der Waals surface area contributed by atoms with E-state index in [0.717, 1.165) is 11.1 Å². The molecule has 1 amide bonds. The zero-order chi connectivity index (χ0) is 19.2. The number of ether oxygens (including phenoxy) is 1. The average molecular weight is 386 g/mol. The van der Waals surface area contributed by atoms with E-state index in [2.05, 4.69) is 5.32 Å². The molecule has 0 atom stereocenters. The molecular weight excluding hydrogens is 371 g/mol. The van der Waals surface area contributed by atoms with Crippen LogP contribution < -0.4 is 10.1 Å². The fourth-order valence-electron chi connectivity index (χ4n) is 2.33. The number of nitrogens with zero attached hydrogens (tertiary/aromatic N) is 1. The zero-order valence-corrected chi connectivity index (χ0v) is 14.9. The van der Waals surface area contributed by atoms with Gasteiger partial charge in [-0.3, -0.25) is 14.9 Å². The Morgan fingerprint density at radius 2 is 1.89 bits per heavy atom. The first-order chi connectivity index (χ1) is 13.0. The normalized spacial score (nSPS) is 10.4. The number of carbonyl (C=O) groups excluding carboxylic acids is 1. The van der Waals surface area contributed by atoms with Crippen molar-refractivity contribution in [2.75, 3.05) is 0 Å². The quantitative estimate of drug-likeness (QED) is 0.485. The largest absolute Gasteiger partial charge is 0.482 e. The maximum Gasteiger partial charge on any atom is 0.310 e. The minimum absolute atomic E-state index is 0.106. The van der Waals surface area contributed by atoms with Crippen molar-refractivity contribution in [3.8, 4) is 5.75 Å². The monoisotopic (exact) mass is 386 g/mol. The summed E-state index contributed by atoms with van der Waals surface area (Å²) in [5.74, 6) is -0.399. The smallest absolute Gasteiger partial charge is 0.310 e. The van der Waals surface area contributed by atoms with Crippen LogP contribution in [-0.2, 0) is 13.2 Å². The lowest BCUT2D eigenvalue weighted by Crippen LogP contribution is -2.21. The highest BCUT2D eigenvalue weighted by molar-refractivity contribution is 7.12. The van der Waals surface area contributed by atoms with Gasteiger partial charge in [0.2, 0.25) is 0 Å². The van der Waals surface area contributed by atoms with E-state index in [4.69, 9.17) is 4.74 Å². The molecule has 0 aliphatic carbocycles. The molecule has 8 heteroatoms. The number of amides is 1. The SMILES string of the molecule is O=C(NCc1ccc(F)cc1)c1cc(COc2ccccc2[N+](=O)[O-])cs1. The summed E-state index contributed by atoms with van der Waals surface area (Å²) in [7, 11) is 0. The van der Waals surface area contributed by atoms with Gasteiger partial charge in [0.25, 0.3) is 5.91 Å². The van der Waals surface area contributed by atoms with Crippen molar-refractivity contribution in [2.24, 2.45) is 0 Å². The number of rotatable bonds is 7. The van der Waals surface area contributed by atoms with Crippen molar-refractivity contribution >= 4 is 22.9 Å². The summed E-state index contributed by atoms with van der Waals surface area (Å²) in [6, 6.07) is 13.7. The van der Waals surface area contributed by atoms with Gasteiger partial charge in [-0.15, -0.1) is 11.3 Å². The molecule has 6 nitrogen and oxygen atoms in total. The predicted molar refractivity (Wildman–Crippen MR) is 99.3 cm³/mol. The topological polar surface area (TPSA) is 81.5 Å². The number of benzene rings is 2. The number of nitrogens with one attached hydrogen (secondary N) is 1. The Kier molecular flexibility index (Phi) is 5.77. The first kappa shape index (κ1) is 18.5. The molecule has 0 saturated heterocycles. The summed E-state index contributed by atoms with van der Waals surface area (Å²) in [6.45, 7) is 0.408. The summed E-state index contributed by atoms with van der Waals surface area (Å²) in [5.41, 5.74) is 1.43. The lowest BCUT2D eigenvalue weighted by atomic mass is 10.2. The van der Waals surface area contributed by atoms with Crippen molar-refractivity contribution in [2.45, 2.75) is 13.2 Å². The van der Waals surface area contributed by atoms with Crippen LogP contribution in [0.4, 0.5) is 10.1 Å². The van der Waals surface area contributed by atoms with E-state index in [1.165, 1.54) is 35.6 Å². The van der Waals surface area contributed by atoms with Crippen LogP contribution in [-0.4, -0.2) is 10.8 Å². The van der Waals surface area contributed by atoms with Crippen LogP contribution in [0.1, 0.15) is 20.8 Å². The fourth-order valence-corrected chi connectivity index (χ4v) is 3.15. The highest BCUT2D eigenvalue weighted by Gasteiger charge is 2.15. The van der Waals surface area contributed by atoms with E-state index in [9.17, 15) is 19.3 Å². The first-order valence-electron chi connectivity index (χ1n) is 7.99. The molecular formula is C19H15FN2O4S. The highest BCUT2D eigenvalue weighted by Crippen LogP contribution is 2.27. The van der Waals surface area contributed by atoms with E-state index in [1.807, 2.05) is 0 Å². The van der Waals surface area contributed by atoms with Crippen molar-refractivity contribution < 1.29 is 18.8 Å². The lowest BCUT2D eigenvalue weighted by molar-refractivity contribution is -0.385. The Balaban J connectivity index is 1.57. The lowest BCUT2D eigenvalue weighted by Gasteiger charge is -2.05. The maximum absolute atomic E-state index is 12.9. The van der Waals surface area contributed by atoms with Crippen LogP contribution in [0, 0.1) is 15.9 Å². The van der Waals surface area contributed by atoms with Gasteiger partial charge in [-0.25, -0.2) is 4.39 Å². The molecule has 0 aliphatic rings. The van der Waals surface area contributed by atoms with Gasteiger partial charge >= 0.3 is 5.69 Å². The maximum atomic E-state index is 12.9. The minimum atomic E-state index is -0.503. The Morgan fingerprint density at radius 3 is 2.63 bits per heavy atom. The number of thiophene rings is 1. The third-order valence-corrected chi connectivity index (χ3v) is 4.68. The zero-order valence-electron chi connectivity index (χ0n) is 14.1. The standard InChI is InChI=1S/C19H15FN2O4S/c20-15-7-5-13(6-8-15)10-21-19(23)18-9-14(12-27-18)11-26-17-4-2-1-3-16(17)22(24)25/h1-9,12H,10-11H2,(H,21,23). The second kappa shape index (κ2) is 8.41. The molecule has 3 aromatic rings. The van der Waals surface area contributed by atoms with E-state index < -0.39 is 4.92 Å². The van der Waals surface area contributed by atoms with Crippen LogP contribution in [0.2, 0.25) is 0 Å². The van der Waals surface area contributed by atoms with Gasteiger partial charge in [0.05, 0.1) is 9.80 Å². The second-order valence-electron chi connectivity index (χ2n) is 5.64. The minimum Gasteiger partial charge on any atom is -0.482 e. The van der Waals surface area contributed by atoms with Gasteiger partial charge in [0, 0.05) is 18.2 Å². The summed E-state index contributed by atoms with van der Waals surface area (Å²) in [5, 5.41) is 15.5. The number of para-hydroxylation sites is 2. The molecule has 0 spiro atoms. The molecule has 0 bridgehead atoms. The summed E-state index contributed by atoms with van der Waals surface area (Å²) >= 11 is 1.25. The first-order valence-corrected chi connectivity index (χ1v) is 8.87. The number of hydrogen-bond donors (Lipinski definition) is 1. The van der Waals surface area contributed by atoms with Crippen LogP contribution in [0.5, 0.6) is 5.75 Å². The number of nitro groups is 1. The van der Waals surface area contributed by atoms with Crippen molar-refractivity contribution in [1.29, 1.82) is 0 Å². The summed E-state index contributed by atoms with van der Waals surface area (Å²) in [4.78, 5) is 23.2. The molecule has 1 aromatic heterocycles. The summed E-state index contributed by atoms with van der Waals surface area (Å²) < 4.78 is 18.4. The molecule has 138 valence electrons. The van der Waals surface area contributed by atoms with Crippen LogP contribution in [0.3, 0.4) is 0 Å². The van der Waals surface area contributed by atoms with E-state index in [0.29, 0.717) is 11.4 Å². The van der Waals surface area contributed by atoms with Crippen molar-refractivity contribution in [3.63, 3.8) is 0 Å². The predicted octanol–water partition coefficient (Wildman–Crippen LogP) is 4.30. The van der Waals surface area contributed by atoms with Gasteiger partial charge in [-0.1, -0.05) is 24.3 Å². The average Bonchev–Trinajstić information content (AvgIpc) is 3.15. The second-order valence-corrected chi connectivity index (χ2v) is 6.55. The molecule has 1 N–H and O–H groups in total. The number of carbonyl (C=O) groups is 1. The van der Waals surface area contributed by atoms with Crippen molar-refractivity contribution in [3.05, 3.63) is 91.9 Å². The number of hydrogen-bond acceptors (Lipinski definition) is 5. The van der Waals surface area contributed by atoms with Gasteiger partial charge in [0.15, 0.2) is 5.75 Å². The van der Waals surface area contributed by atoms with Gasteiger partial charge in [-0.2, -0.15) is 0 Å². The molecule has 2 aromatic carbocycles. The fraction of sp³-hybridized carbons (Fsp3) is 0.105. The molecule has 27 heavy (non-hydrogen) atoms. The Bertz CT molecular complexity index is 956. The van der Waals surface area contributed by atoms with E-state index in [1.54, 1.807) is 35.7 Å². The molecule has 0 saturated carbocycles. The molecule has 0 unspecified atom stereocenters. The molecule has 0 aliphatic heterocycles. The van der Waals surface area contributed by atoms with Gasteiger partial charge in [0.1, 0.15) is 12.4 Å². The van der Waals surface area contributed by atoms with Crippen LogP contribution >= 0.6 is 11.3 Å². The van der Waals surface area contributed by atoms with Crippen LogP contribution in [0.15, 0.2) is 60.0 Å². The van der Waals surface area contributed by atoms with E-state index >= 15 is 0 Å². The number of halogens is 1. The van der Waals surface area contributed by atoms with E-state index in [-0.39, 0.29) is 29.8 Å². The molecule has 0 fully saturated rings. The molecule has 3 rings (SSSR count). The molecule has 1 heterocycles. The Morgan fingerprint density at radius 1 is 1.15 bits per heavy atom. The third kappa shape index (κ3) is 4.89. The molecule has 0 radical (unpaired) electrons. The summed E-state index contributed by atoms with van der Waals surface area (Å²) in [6.07, 6.45) is 0.